The molecule has 114 valence electrons. The van der Waals surface area contributed by atoms with Gasteiger partial charge >= 0.3 is 0 Å². The summed E-state index contributed by atoms with van der Waals surface area (Å²) in [5.74, 6) is 0.409. The van der Waals surface area contributed by atoms with Crippen LogP contribution in [0.3, 0.4) is 0 Å². The minimum absolute atomic E-state index is 0.0919. The molecule has 1 aliphatic rings. The third-order valence-electron chi connectivity index (χ3n) is 3.78. The number of hydrogen-bond acceptors (Lipinski definition) is 5. The van der Waals surface area contributed by atoms with Gasteiger partial charge in [0, 0.05) is 37.4 Å². The van der Waals surface area contributed by atoms with Crippen LogP contribution < -0.4 is 10.6 Å². The first-order valence-electron chi connectivity index (χ1n) is 7.57. The number of nitrogens with zero attached hydrogens (tertiary/aromatic N) is 3. The summed E-state index contributed by atoms with van der Waals surface area (Å²) in [5.41, 5.74) is 1.55. The zero-order chi connectivity index (χ0) is 15.2. The first-order chi connectivity index (χ1) is 10.8. The Morgan fingerprint density at radius 1 is 1.18 bits per heavy atom. The summed E-state index contributed by atoms with van der Waals surface area (Å²) >= 11 is 0. The molecule has 0 bridgehead atoms. The fourth-order valence-corrected chi connectivity index (χ4v) is 2.56. The minimum atomic E-state index is -0.0919. The molecule has 0 aliphatic heterocycles. The predicted molar refractivity (Wildman–Crippen MR) is 83.3 cm³/mol. The average Bonchev–Trinajstić information content (AvgIpc) is 3.07. The highest BCUT2D eigenvalue weighted by Crippen LogP contribution is 2.18. The number of rotatable bonds is 5. The summed E-state index contributed by atoms with van der Waals surface area (Å²) in [5, 5.41) is 6.13. The lowest BCUT2D eigenvalue weighted by molar-refractivity contribution is 0.0937. The highest BCUT2D eigenvalue weighted by molar-refractivity contribution is 5.93. The second-order valence-corrected chi connectivity index (χ2v) is 5.47. The number of hydrogen-bond donors (Lipinski definition) is 2. The van der Waals surface area contributed by atoms with Crippen molar-refractivity contribution in [2.45, 2.75) is 38.3 Å². The van der Waals surface area contributed by atoms with Crippen LogP contribution in [0.1, 0.15) is 41.6 Å². The molecule has 3 rings (SSSR count). The van der Waals surface area contributed by atoms with Crippen LogP contribution in [0.2, 0.25) is 0 Å². The quantitative estimate of drug-likeness (QED) is 0.884. The molecule has 0 saturated heterocycles. The molecule has 0 spiro atoms. The Morgan fingerprint density at radius 2 is 1.95 bits per heavy atom. The molecule has 2 N–H and O–H groups in total. The number of amides is 1. The SMILES string of the molecule is O=C(NC1CCCC1)c1cnc(NCc2cccnc2)nc1. The van der Waals surface area contributed by atoms with Crippen molar-refractivity contribution in [2.75, 3.05) is 5.32 Å². The largest absolute Gasteiger partial charge is 0.350 e. The number of carbonyl (C=O) groups is 1. The van der Waals surface area contributed by atoms with Crippen LogP contribution in [0.25, 0.3) is 0 Å². The van der Waals surface area contributed by atoms with Crippen molar-refractivity contribution < 1.29 is 4.79 Å². The van der Waals surface area contributed by atoms with E-state index in [-0.39, 0.29) is 5.91 Å². The van der Waals surface area contributed by atoms with Crippen LogP contribution in [-0.2, 0) is 6.54 Å². The molecule has 1 fully saturated rings. The van der Waals surface area contributed by atoms with Gasteiger partial charge in [-0.25, -0.2) is 9.97 Å². The molecule has 6 nitrogen and oxygen atoms in total. The third kappa shape index (κ3) is 3.78. The van der Waals surface area contributed by atoms with Crippen molar-refractivity contribution in [3.8, 4) is 0 Å². The summed E-state index contributed by atoms with van der Waals surface area (Å²) < 4.78 is 0. The Kier molecular flexibility index (Phi) is 4.58. The summed E-state index contributed by atoms with van der Waals surface area (Å²) in [7, 11) is 0. The summed E-state index contributed by atoms with van der Waals surface area (Å²) in [6.07, 6.45) is 11.2. The van der Waals surface area contributed by atoms with E-state index in [9.17, 15) is 4.79 Å². The average molecular weight is 297 g/mol. The molecule has 0 atom stereocenters. The maximum absolute atomic E-state index is 12.1. The van der Waals surface area contributed by atoms with Gasteiger partial charge in [-0.2, -0.15) is 0 Å². The number of nitrogens with one attached hydrogen (secondary N) is 2. The minimum Gasteiger partial charge on any atom is -0.350 e. The van der Waals surface area contributed by atoms with Crippen molar-refractivity contribution in [2.24, 2.45) is 0 Å². The molecule has 0 radical (unpaired) electrons. The van der Waals surface area contributed by atoms with Gasteiger partial charge in [0.15, 0.2) is 0 Å². The lowest BCUT2D eigenvalue weighted by Crippen LogP contribution is -2.32. The van der Waals surface area contributed by atoms with Gasteiger partial charge in [0.05, 0.1) is 5.56 Å². The smallest absolute Gasteiger partial charge is 0.254 e. The van der Waals surface area contributed by atoms with Crippen molar-refractivity contribution in [1.29, 1.82) is 0 Å². The van der Waals surface area contributed by atoms with E-state index in [1.807, 2.05) is 12.1 Å². The van der Waals surface area contributed by atoms with E-state index in [4.69, 9.17) is 0 Å². The van der Waals surface area contributed by atoms with E-state index >= 15 is 0 Å². The Morgan fingerprint density at radius 3 is 2.64 bits per heavy atom. The first kappa shape index (κ1) is 14.4. The Hall–Kier alpha value is -2.50. The number of pyridine rings is 1. The highest BCUT2D eigenvalue weighted by atomic mass is 16.1. The summed E-state index contributed by atoms with van der Waals surface area (Å²) in [6, 6.07) is 4.16. The molecule has 22 heavy (non-hydrogen) atoms. The lowest BCUT2D eigenvalue weighted by Gasteiger charge is -2.11. The molecule has 2 aromatic rings. The van der Waals surface area contributed by atoms with E-state index in [0.29, 0.717) is 24.1 Å². The van der Waals surface area contributed by atoms with E-state index in [1.54, 1.807) is 24.8 Å². The fourth-order valence-electron chi connectivity index (χ4n) is 2.56. The Balaban J connectivity index is 1.54. The lowest BCUT2D eigenvalue weighted by atomic mass is 10.2. The molecule has 2 heterocycles. The van der Waals surface area contributed by atoms with Crippen LogP contribution in [0.5, 0.6) is 0 Å². The summed E-state index contributed by atoms with van der Waals surface area (Å²) in [6.45, 7) is 0.599. The van der Waals surface area contributed by atoms with Crippen molar-refractivity contribution >= 4 is 11.9 Å². The second kappa shape index (κ2) is 6.98. The molecule has 2 aromatic heterocycles. The van der Waals surface area contributed by atoms with Crippen LogP contribution in [0.15, 0.2) is 36.9 Å². The second-order valence-electron chi connectivity index (χ2n) is 5.47. The third-order valence-corrected chi connectivity index (χ3v) is 3.78. The van der Waals surface area contributed by atoms with Gasteiger partial charge in [-0.15, -0.1) is 0 Å². The van der Waals surface area contributed by atoms with Crippen molar-refractivity contribution in [1.82, 2.24) is 20.3 Å². The van der Waals surface area contributed by atoms with Gasteiger partial charge in [0.1, 0.15) is 0 Å². The molecule has 0 unspecified atom stereocenters. The summed E-state index contributed by atoms with van der Waals surface area (Å²) in [4.78, 5) is 24.5. The molecule has 1 amide bonds. The monoisotopic (exact) mass is 297 g/mol. The topological polar surface area (TPSA) is 79.8 Å². The van der Waals surface area contributed by atoms with Crippen LogP contribution >= 0.6 is 0 Å². The van der Waals surface area contributed by atoms with Gasteiger partial charge in [-0.1, -0.05) is 18.9 Å². The van der Waals surface area contributed by atoms with E-state index in [2.05, 4.69) is 25.6 Å². The molecular formula is C16H19N5O. The van der Waals surface area contributed by atoms with E-state index in [0.717, 1.165) is 18.4 Å². The van der Waals surface area contributed by atoms with Gasteiger partial charge in [0.2, 0.25) is 5.95 Å². The number of carbonyl (C=O) groups excluding carboxylic acids is 1. The fraction of sp³-hybridized carbons (Fsp3) is 0.375. The number of anilines is 1. The molecule has 0 aromatic carbocycles. The zero-order valence-corrected chi connectivity index (χ0v) is 12.3. The number of aromatic nitrogens is 3. The normalized spacial score (nSPS) is 14.7. The maximum atomic E-state index is 12.1. The maximum Gasteiger partial charge on any atom is 0.254 e. The van der Waals surface area contributed by atoms with Gasteiger partial charge in [-0.05, 0) is 24.5 Å². The highest BCUT2D eigenvalue weighted by Gasteiger charge is 2.18. The molecular weight excluding hydrogens is 278 g/mol. The molecule has 1 aliphatic carbocycles. The molecule has 6 heteroatoms. The standard InChI is InChI=1S/C16H19N5O/c22-15(21-14-5-1-2-6-14)13-10-19-16(20-11-13)18-9-12-4-3-7-17-8-12/h3-4,7-8,10-11,14H,1-2,5-6,9H2,(H,21,22)(H,18,19,20). The van der Waals surface area contributed by atoms with Gasteiger partial charge in [-0.3, -0.25) is 9.78 Å². The Labute approximate surface area is 129 Å². The zero-order valence-electron chi connectivity index (χ0n) is 12.3. The van der Waals surface area contributed by atoms with Gasteiger partial charge < -0.3 is 10.6 Å². The Bertz CT molecular complexity index is 608. The van der Waals surface area contributed by atoms with Gasteiger partial charge in [0.25, 0.3) is 5.91 Å². The predicted octanol–water partition coefficient (Wildman–Crippen LogP) is 2.16. The first-order valence-corrected chi connectivity index (χ1v) is 7.57. The van der Waals surface area contributed by atoms with Crippen molar-refractivity contribution in [3.63, 3.8) is 0 Å². The van der Waals surface area contributed by atoms with E-state index in [1.165, 1.54) is 12.8 Å². The van der Waals surface area contributed by atoms with Crippen molar-refractivity contribution in [3.05, 3.63) is 48.0 Å². The van der Waals surface area contributed by atoms with Crippen LogP contribution in [0.4, 0.5) is 5.95 Å². The van der Waals surface area contributed by atoms with E-state index < -0.39 is 0 Å². The molecule has 1 saturated carbocycles. The van der Waals surface area contributed by atoms with Crippen LogP contribution in [-0.4, -0.2) is 26.9 Å². The van der Waals surface area contributed by atoms with Crippen LogP contribution in [0, 0.1) is 0 Å².